The lowest BCUT2D eigenvalue weighted by Gasteiger charge is -2.24. The molecule has 0 fully saturated rings. The molecule has 0 saturated carbocycles. The predicted molar refractivity (Wildman–Crippen MR) is 86.4 cm³/mol. The van der Waals surface area contributed by atoms with Gasteiger partial charge in [-0.25, -0.2) is 9.97 Å². The Morgan fingerprint density at radius 3 is 2.85 bits per heavy atom. The normalized spacial score (nSPS) is 12.6. The largest absolute Gasteiger partial charge is 0.396 e. The zero-order chi connectivity index (χ0) is 14.7. The minimum atomic E-state index is -0.0547. The fraction of sp³-hybridized carbons (Fsp3) is 0.462. The smallest absolute Gasteiger partial charge is 0.266 e. The summed E-state index contributed by atoms with van der Waals surface area (Å²) in [6.07, 6.45) is 6.22. The van der Waals surface area contributed by atoms with Crippen molar-refractivity contribution in [2.24, 2.45) is 0 Å². The van der Waals surface area contributed by atoms with Crippen molar-refractivity contribution in [3.8, 4) is 0 Å². The van der Waals surface area contributed by atoms with E-state index in [4.69, 9.17) is 5.73 Å². The maximum absolute atomic E-state index is 12.5. The zero-order valence-electron chi connectivity index (χ0n) is 11.8. The summed E-state index contributed by atoms with van der Waals surface area (Å²) >= 11 is 3.09. The van der Waals surface area contributed by atoms with Crippen LogP contribution in [0, 0.1) is 0 Å². The molecule has 5 nitrogen and oxygen atoms in total. The van der Waals surface area contributed by atoms with Gasteiger partial charge in [-0.3, -0.25) is 4.79 Å². The maximum atomic E-state index is 12.5. The molecule has 1 amide bonds. The van der Waals surface area contributed by atoms with Crippen molar-refractivity contribution < 1.29 is 4.79 Å². The average Bonchev–Trinajstić information content (AvgIpc) is 2.81. The van der Waals surface area contributed by atoms with Crippen molar-refractivity contribution in [2.45, 2.75) is 19.4 Å². The third-order valence-electron chi connectivity index (χ3n) is 3.28. The number of hydrogen-bond donors (Lipinski definition) is 1. The Hall–Kier alpha value is -1.34. The van der Waals surface area contributed by atoms with E-state index in [9.17, 15) is 4.79 Å². The SMILES string of the molecule is CSCCC(C)N(C)C(=O)c1sc2nccnc2c1N. The Morgan fingerprint density at radius 1 is 1.50 bits per heavy atom. The predicted octanol–water partition coefficient (Wildman–Crippen LogP) is 2.49. The molecule has 0 spiro atoms. The van der Waals surface area contributed by atoms with Gasteiger partial charge in [-0.05, 0) is 25.4 Å². The van der Waals surface area contributed by atoms with Gasteiger partial charge >= 0.3 is 0 Å². The van der Waals surface area contributed by atoms with Crippen LogP contribution in [0.1, 0.15) is 23.0 Å². The second-order valence-electron chi connectivity index (χ2n) is 4.60. The highest BCUT2D eigenvalue weighted by atomic mass is 32.2. The van der Waals surface area contributed by atoms with Gasteiger partial charge in [-0.15, -0.1) is 11.3 Å². The number of rotatable bonds is 5. The van der Waals surface area contributed by atoms with Gasteiger partial charge in [0, 0.05) is 25.5 Å². The first-order valence-corrected chi connectivity index (χ1v) is 8.52. The summed E-state index contributed by atoms with van der Waals surface area (Å²) in [4.78, 5) is 23.9. The molecular weight excluding hydrogens is 292 g/mol. The lowest BCUT2D eigenvalue weighted by molar-refractivity contribution is 0.0747. The summed E-state index contributed by atoms with van der Waals surface area (Å²) in [6, 6.07) is 0.181. The molecule has 1 atom stereocenters. The van der Waals surface area contributed by atoms with Gasteiger partial charge in [0.15, 0.2) is 0 Å². The monoisotopic (exact) mass is 310 g/mol. The fourth-order valence-corrected chi connectivity index (χ4v) is 3.43. The minimum absolute atomic E-state index is 0.0547. The van der Waals surface area contributed by atoms with Crippen LogP contribution in [0.2, 0.25) is 0 Å². The molecule has 0 radical (unpaired) electrons. The molecule has 2 N–H and O–H groups in total. The molecule has 2 rings (SSSR count). The van der Waals surface area contributed by atoms with Gasteiger partial charge in [0.25, 0.3) is 5.91 Å². The van der Waals surface area contributed by atoms with Crippen LogP contribution in [-0.2, 0) is 0 Å². The Bertz CT molecular complexity index is 613. The number of aromatic nitrogens is 2. The highest BCUT2D eigenvalue weighted by Gasteiger charge is 2.23. The van der Waals surface area contributed by atoms with Crippen LogP contribution in [0.25, 0.3) is 10.3 Å². The number of nitrogens with two attached hydrogens (primary N) is 1. The number of carbonyl (C=O) groups excluding carboxylic acids is 1. The van der Waals surface area contributed by atoms with Crippen LogP contribution >= 0.6 is 23.1 Å². The van der Waals surface area contributed by atoms with Crippen LogP contribution < -0.4 is 5.73 Å². The number of thiophene rings is 1. The minimum Gasteiger partial charge on any atom is -0.396 e. The van der Waals surface area contributed by atoms with Gasteiger partial charge in [0.1, 0.15) is 15.2 Å². The van der Waals surface area contributed by atoms with Crippen LogP contribution in [0.4, 0.5) is 5.69 Å². The molecule has 7 heteroatoms. The highest BCUT2D eigenvalue weighted by molar-refractivity contribution is 7.98. The van der Waals surface area contributed by atoms with E-state index in [1.165, 1.54) is 11.3 Å². The number of thioether (sulfide) groups is 1. The number of anilines is 1. The standard InChI is InChI=1S/C13H18N4OS2/c1-8(4-7-19-3)17(2)13(18)11-9(14)10-12(20-11)16-6-5-15-10/h5-6,8H,4,7,14H2,1-3H3. The first kappa shape index (κ1) is 15.1. The van der Waals surface area contributed by atoms with E-state index >= 15 is 0 Å². The molecule has 0 aliphatic rings. The van der Waals surface area contributed by atoms with Crippen molar-refractivity contribution in [2.75, 3.05) is 24.8 Å². The number of amides is 1. The average molecular weight is 310 g/mol. The van der Waals surface area contributed by atoms with Gasteiger partial charge in [-0.2, -0.15) is 11.8 Å². The first-order valence-electron chi connectivity index (χ1n) is 6.31. The number of nitrogen functional groups attached to an aromatic ring is 1. The Labute approximate surface area is 126 Å². The highest BCUT2D eigenvalue weighted by Crippen LogP contribution is 2.31. The zero-order valence-corrected chi connectivity index (χ0v) is 13.4. The molecule has 108 valence electrons. The third-order valence-corrected chi connectivity index (χ3v) is 5.01. The molecular formula is C13H18N4OS2. The molecule has 2 aromatic rings. The Balaban J connectivity index is 2.24. The van der Waals surface area contributed by atoms with Crippen molar-refractivity contribution in [3.05, 3.63) is 17.3 Å². The molecule has 2 heterocycles. The van der Waals surface area contributed by atoms with Gasteiger partial charge < -0.3 is 10.6 Å². The molecule has 0 aromatic carbocycles. The maximum Gasteiger partial charge on any atom is 0.266 e. The first-order chi connectivity index (χ1) is 9.56. The summed E-state index contributed by atoms with van der Waals surface area (Å²) in [6.45, 7) is 2.05. The summed E-state index contributed by atoms with van der Waals surface area (Å²) in [5, 5.41) is 0. The second kappa shape index (κ2) is 6.41. The van der Waals surface area contributed by atoms with Crippen LogP contribution in [0.5, 0.6) is 0 Å². The van der Waals surface area contributed by atoms with E-state index in [2.05, 4.69) is 16.2 Å². The van der Waals surface area contributed by atoms with Crippen molar-refractivity contribution in [1.82, 2.24) is 14.9 Å². The van der Waals surface area contributed by atoms with E-state index in [-0.39, 0.29) is 11.9 Å². The third kappa shape index (κ3) is 2.88. The molecule has 0 saturated heterocycles. The number of nitrogens with zero attached hydrogens (tertiary/aromatic N) is 3. The molecule has 0 aliphatic carbocycles. The number of hydrogen-bond acceptors (Lipinski definition) is 6. The topological polar surface area (TPSA) is 72.1 Å². The van der Waals surface area contributed by atoms with Crippen molar-refractivity contribution in [1.29, 1.82) is 0 Å². The summed E-state index contributed by atoms with van der Waals surface area (Å²) < 4.78 is 0. The van der Waals surface area contributed by atoms with Crippen LogP contribution in [0.3, 0.4) is 0 Å². The van der Waals surface area contributed by atoms with E-state index in [0.717, 1.165) is 12.2 Å². The number of fused-ring (bicyclic) bond motifs is 1. The second-order valence-corrected chi connectivity index (χ2v) is 6.59. The van der Waals surface area contributed by atoms with Crippen LogP contribution in [0.15, 0.2) is 12.4 Å². The van der Waals surface area contributed by atoms with E-state index in [1.54, 1.807) is 29.1 Å². The summed E-state index contributed by atoms with van der Waals surface area (Å²) in [5.41, 5.74) is 7.09. The Morgan fingerprint density at radius 2 is 2.20 bits per heavy atom. The molecule has 1 unspecified atom stereocenters. The van der Waals surface area contributed by atoms with Gasteiger partial charge in [0.05, 0.1) is 5.69 Å². The lowest BCUT2D eigenvalue weighted by atomic mass is 10.2. The van der Waals surface area contributed by atoms with E-state index in [1.807, 2.05) is 14.0 Å². The van der Waals surface area contributed by atoms with E-state index in [0.29, 0.717) is 20.9 Å². The van der Waals surface area contributed by atoms with Gasteiger partial charge in [0.2, 0.25) is 0 Å². The van der Waals surface area contributed by atoms with Crippen LogP contribution in [-0.4, -0.2) is 45.9 Å². The molecule has 0 aliphatic heterocycles. The molecule has 0 bridgehead atoms. The molecule has 20 heavy (non-hydrogen) atoms. The Kier molecular flexibility index (Phi) is 4.82. The van der Waals surface area contributed by atoms with Gasteiger partial charge in [-0.1, -0.05) is 0 Å². The van der Waals surface area contributed by atoms with E-state index < -0.39 is 0 Å². The summed E-state index contributed by atoms with van der Waals surface area (Å²) in [5.74, 6) is 0.977. The van der Waals surface area contributed by atoms with Crippen molar-refractivity contribution in [3.63, 3.8) is 0 Å². The van der Waals surface area contributed by atoms with Crippen molar-refractivity contribution >= 4 is 45.0 Å². The molecule has 2 aromatic heterocycles. The quantitative estimate of drug-likeness (QED) is 0.918. The summed E-state index contributed by atoms with van der Waals surface area (Å²) in [7, 11) is 1.82. The fourth-order valence-electron chi connectivity index (χ4n) is 1.85. The lowest BCUT2D eigenvalue weighted by Crippen LogP contribution is -2.35. The number of carbonyl (C=O) groups is 1.